The number of carbonyl (C=O) groups is 1. The Hall–Kier alpha value is -3.87. The number of hydrogen-bond donors (Lipinski definition) is 1. The number of amides is 1. The molecule has 1 atom stereocenters. The molecule has 1 heterocycles. The Morgan fingerprint density at radius 1 is 0.812 bits per heavy atom. The number of rotatable bonds is 6. The predicted octanol–water partition coefficient (Wildman–Crippen LogP) is 4.80. The second-order valence-corrected chi connectivity index (χ2v) is 7.40. The van der Waals surface area contributed by atoms with Crippen LogP contribution in [0.15, 0.2) is 54.6 Å². The van der Waals surface area contributed by atoms with E-state index >= 15 is 0 Å². The SMILES string of the molecule is COc1ccc(C2Nc3c(cc(OC)c(OC)c3OC)C(=O)N2c2ccc(C)cc2)cc1. The standard InChI is InChI=1S/C25H26N2O5/c1-15-6-10-17(11-7-15)27-24(16-8-12-18(29-2)13-9-16)26-21-19(25(27)28)14-20(30-3)22(31-4)23(21)32-5/h6-14,24,26H,1-5H3. The maximum absolute atomic E-state index is 13.9. The highest BCUT2D eigenvalue weighted by atomic mass is 16.5. The van der Waals surface area contributed by atoms with Crippen LogP contribution < -0.4 is 29.2 Å². The van der Waals surface area contributed by atoms with Crippen molar-refractivity contribution in [2.75, 3.05) is 38.7 Å². The summed E-state index contributed by atoms with van der Waals surface area (Å²) in [5.41, 5.74) is 3.76. The molecule has 7 heteroatoms. The largest absolute Gasteiger partial charge is 0.497 e. The van der Waals surface area contributed by atoms with Crippen LogP contribution >= 0.6 is 0 Å². The van der Waals surface area contributed by atoms with Crippen molar-refractivity contribution in [1.29, 1.82) is 0 Å². The minimum atomic E-state index is -0.476. The molecule has 3 aromatic carbocycles. The van der Waals surface area contributed by atoms with Crippen molar-refractivity contribution in [3.05, 3.63) is 71.3 Å². The Kier molecular flexibility index (Phi) is 5.81. The molecule has 1 unspecified atom stereocenters. The van der Waals surface area contributed by atoms with Gasteiger partial charge in [-0.2, -0.15) is 0 Å². The van der Waals surface area contributed by atoms with E-state index in [1.807, 2.05) is 55.5 Å². The van der Waals surface area contributed by atoms with Crippen molar-refractivity contribution in [2.45, 2.75) is 13.1 Å². The fourth-order valence-corrected chi connectivity index (χ4v) is 3.91. The summed E-state index contributed by atoms with van der Waals surface area (Å²) < 4.78 is 21.9. The molecule has 0 aliphatic carbocycles. The minimum absolute atomic E-state index is 0.178. The summed E-state index contributed by atoms with van der Waals surface area (Å²) in [7, 11) is 6.23. The molecule has 166 valence electrons. The molecule has 0 bridgehead atoms. The van der Waals surface area contributed by atoms with Gasteiger partial charge in [0.05, 0.1) is 39.7 Å². The Bertz CT molecular complexity index is 1130. The first kappa shape index (κ1) is 21.4. The van der Waals surface area contributed by atoms with Crippen LogP contribution in [0.1, 0.15) is 27.7 Å². The topological polar surface area (TPSA) is 69.3 Å². The van der Waals surface area contributed by atoms with Crippen molar-refractivity contribution >= 4 is 17.3 Å². The Morgan fingerprint density at radius 2 is 1.47 bits per heavy atom. The van der Waals surface area contributed by atoms with Crippen molar-refractivity contribution in [3.63, 3.8) is 0 Å². The fraction of sp³-hybridized carbons (Fsp3) is 0.240. The van der Waals surface area contributed by atoms with Crippen LogP contribution in [0.25, 0.3) is 0 Å². The van der Waals surface area contributed by atoms with Crippen molar-refractivity contribution in [2.24, 2.45) is 0 Å². The molecule has 1 amide bonds. The number of benzene rings is 3. The smallest absolute Gasteiger partial charge is 0.262 e. The lowest BCUT2D eigenvalue weighted by Gasteiger charge is -2.39. The van der Waals surface area contributed by atoms with Gasteiger partial charge < -0.3 is 24.3 Å². The van der Waals surface area contributed by atoms with Crippen LogP contribution in [0.4, 0.5) is 11.4 Å². The highest BCUT2D eigenvalue weighted by Crippen LogP contribution is 2.49. The van der Waals surface area contributed by atoms with Gasteiger partial charge in [-0.1, -0.05) is 29.8 Å². The second-order valence-electron chi connectivity index (χ2n) is 7.40. The number of fused-ring (bicyclic) bond motifs is 1. The van der Waals surface area contributed by atoms with Gasteiger partial charge in [0.2, 0.25) is 5.75 Å². The lowest BCUT2D eigenvalue weighted by atomic mass is 10.0. The fourth-order valence-electron chi connectivity index (χ4n) is 3.91. The van der Waals surface area contributed by atoms with Crippen molar-refractivity contribution in [1.82, 2.24) is 0 Å². The van der Waals surface area contributed by atoms with E-state index in [0.29, 0.717) is 28.5 Å². The predicted molar refractivity (Wildman–Crippen MR) is 123 cm³/mol. The number of anilines is 2. The number of nitrogens with one attached hydrogen (secondary N) is 1. The average molecular weight is 434 g/mol. The molecule has 4 rings (SSSR count). The van der Waals surface area contributed by atoms with Gasteiger partial charge in [0.15, 0.2) is 11.5 Å². The quantitative estimate of drug-likeness (QED) is 0.601. The monoisotopic (exact) mass is 434 g/mol. The molecule has 0 radical (unpaired) electrons. The lowest BCUT2D eigenvalue weighted by Crippen LogP contribution is -2.43. The molecule has 32 heavy (non-hydrogen) atoms. The Balaban J connectivity index is 1.92. The third kappa shape index (κ3) is 3.56. The maximum atomic E-state index is 13.9. The first-order chi connectivity index (χ1) is 15.5. The van der Waals surface area contributed by atoms with Gasteiger partial charge in [0.1, 0.15) is 11.9 Å². The van der Waals surface area contributed by atoms with Gasteiger partial charge >= 0.3 is 0 Å². The van der Waals surface area contributed by atoms with Crippen LogP contribution in [-0.2, 0) is 0 Å². The average Bonchev–Trinajstić information content (AvgIpc) is 2.83. The molecule has 0 saturated heterocycles. The summed E-state index contributed by atoms with van der Waals surface area (Å²) >= 11 is 0. The summed E-state index contributed by atoms with van der Waals surface area (Å²) in [6.45, 7) is 2.01. The molecular weight excluding hydrogens is 408 g/mol. The van der Waals surface area contributed by atoms with E-state index in [9.17, 15) is 4.79 Å². The minimum Gasteiger partial charge on any atom is -0.497 e. The zero-order chi connectivity index (χ0) is 22.8. The molecule has 3 aromatic rings. The maximum Gasteiger partial charge on any atom is 0.262 e. The van der Waals surface area contributed by atoms with Crippen molar-refractivity contribution in [3.8, 4) is 23.0 Å². The summed E-state index contributed by atoms with van der Waals surface area (Å²) in [4.78, 5) is 15.6. The molecule has 1 N–H and O–H groups in total. The molecule has 1 aliphatic rings. The third-order valence-corrected chi connectivity index (χ3v) is 5.56. The van der Waals surface area contributed by atoms with Gasteiger partial charge in [-0.25, -0.2) is 0 Å². The van der Waals surface area contributed by atoms with E-state index in [2.05, 4.69) is 5.32 Å². The van der Waals surface area contributed by atoms with Gasteiger partial charge in [0.25, 0.3) is 5.91 Å². The molecule has 0 spiro atoms. The molecule has 1 aliphatic heterocycles. The Morgan fingerprint density at radius 3 is 2.03 bits per heavy atom. The van der Waals surface area contributed by atoms with Crippen molar-refractivity contribution < 1.29 is 23.7 Å². The van der Waals surface area contributed by atoms with E-state index in [1.165, 1.54) is 14.2 Å². The number of aryl methyl sites for hydroxylation is 1. The van der Waals surface area contributed by atoms with Gasteiger partial charge in [-0.15, -0.1) is 0 Å². The number of hydrogen-bond acceptors (Lipinski definition) is 6. The number of carbonyl (C=O) groups excluding carboxylic acids is 1. The second kappa shape index (κ2) is 8.70. The number of ether oxygens (including phenoxy) is 4. The number of methoxy groups -OCH3 is 4. The zero-order valence-corrected chi connectivity index (χ0v) is 18.8. The highest BCUT2D eigenvalue weighted by Gasteiger charge is 2.38. The molecule has 0 aromatic heterocycles. The first-order valence-electron chi connectivity index (χ1n) is 10.2. The van der Waals surface area contributed by atoms with Gasteiger partial charge in [-0.3, -0.25) is 9.69 Å². The lowest BCUT2D eigenvalue weighted by molar-refractivity contribution is 0.0974. The molecule has 7 nitrogen and oxygen atoms in total. The van der Waals surface area contributed by atoms with Gasteiger partial charge in [0, 0.05) is 5.69 Å². The van der Waals surface area contributed by atoms with E-state index < -0.39 is 6.17 Å². The van der Waals surface area contributed by atoms with Crippen LogP contribution in [0.3, 0.4) is 0 Å². The van der Waals surface area contributed by atoms with Crippen LogP contribution in [0.2, 0.25) is 0 Å². The van der Waals surface area contributed by atoms with Gasteiger partial charge in [-0.05, 0) is 42.8 Å². The van der Waals surface area contributed by atoms with Crippen LogP contribution in [0, 0.1) is 6.92 Å². The van der Waals surface area contributed by atoms with Crippen LogP contribution in [-0.4, -0.2) is 34.3 Å². The number of nitrogens with zero attached hydrogens (tertiary/aromatic N) is 1. The normalized spacial score (nSPS) is 15.0. The summed E-state index contributed by atoms with van der Waals surface area (Å²) in [6, 6.07) is 17.1. The summed E-state index contributed by atoms with van der Waals surface area (Å²) in [6.07, 6.45) is -0.476. The summed E-state index contributed by atoms with van der Waals surface area (Å²) in [5, 5.41) is 3.49. The van der Waals surface area contributed by atoms with E-state index in [-0.39, 0.29) is 5.91 Å². The summed E-state index contributed by atoms with van der Waals surface area (Å²) in [5.74, 6) is 1.82. The van der Waals surface area contributed by atoms with Crippen LogP contribution in [0.5, 0.6) is 23.0 Å². The van der Waals surface area contributed by atoms with E-state index in [1.54, 1.807) is 25.2 Å². The third-order valence-electron chi connectivity index (χ3n) is 5.56. The first-order valence-corrected chi connectivity index (χ1v) is 10.2. The van der Waals surface area contributed by atoms with E-state index in [4.69, 9.17) is 18.9 Å². The molecule has 0 fully saturated rings. The Labute approximate surface area is 187 Å². The molecule has 0 saturated carbocycles. The highest BCUT2D eigenvalue weighted by molar-refractivity contribution is 6.13. The zero-order valence-electron chi connectivity index (χ0n) is 18.8. The van der Waals surface area contributed by atoms with E-state index in [0.717, 1.165) is 22.6 Å². The molecular formula is C25H26N2O5.